The van der Waals surface area contributed by atoms with Crippen LogP contribution in [-0.4, -0.2) is 24.0 Å². The van der Waals surface area contributed by atoms with Crippen molar-refractivity contribution in [3.05, 3.63) is 76.7 Å². The number of pyridine rings is 1. The summed E-state index contributed by atoms with van der Waals surface area (Å²) < 4.78 is 6.09. The van der Waals surface area contributed by atoms with Gasteiger partial charge in [-0.2, -0.15) is 0 Å². The highest BCUT2D eigenvalue weighted by Gasteiger charge is 2.29. The predicted molar refractivity (Wildman–Crippen MR) is 120 cm³/mol. The molecule has 5 nitrogen and oxygen atoms in total. The Bertz CT molecular complexity index is 1350. The van der Waals surface area contributed by atoms with Gasteiger partial charge in [-0.3, -0.25) is 0 Å². The number of furan rings is 1. The van der Waals surface area contributed by atoms with Crippen LogP contribution >= 0.6 is 0 Å². The summed E-state index contributed by atoms with van der Waals surface area (Å²) in [6.45, 7) is 6.50. The molecule has 0 saturated heterocycles. The SMILES string of the molecule is CCc1oc2ccccc2c1/C=C1/C[NH+](CC)Cc2c1nc1ccccc1c2C(=O)[O-]. The number of aromatic nitrogens is 1. The average Bonchev–Trinajstić information content (AvgIpc) is 3.14. The number of aryl methyl sites for hydroxylation is 1. The van der Waals surface area contributed by atoms with Gasteiger partial charge in [0.05, 0.1) is 23.7 Å². The van der Waals surface area contributed by atoms with Crippen LogP contribution in [0.25, 0.3) is 33.5 Å². The Labute approximate surface area is 180 Å². The van der Waals surface area contributed by atoms with E-state index in [1.165, 1.54) is 4.90 Å². The quantitative estimate of drug-likeness (QED) is 0.560. The number of nitrogens with one attached hydrogen (secondary N) is 1. The Morgan fingerprint density at radius 2 is 1.84 bits per heavy atom. The van der Waals surface area contributed by atoms with Crippen LogP contribution in [-0.2, 0) is 13.0 Å². The Morgan fingerprint density at radius 1 is 1.10 bits per heavy atom. The molecule has 0 radical (unpaired) electrons. The zero-order valence-corrected chi connectivity index (χ0v) is 17.7. The highest BCUT2D eigenvalue weighted by atomic mass is 16.4. The maximum Gasteiger partial charge on any atom is 0.134 e. The number of carbonyl (C=O) groups is 1. The molecule has 0 spiro atoms. The number of benzene rings is 2. The molecule has 0 aliphatic carbocycles. The molecule has 1 atom stereocenters. The van der Waals surface area contributed by atoms with Gasteiger partial charge in [0, 0.05) is 39.5 Å². The summed E-state index contributed by atoms with van der Waals surface area (Å²) in [7, 11) is 0. The van der Waals surface area contributed by atoms with Crippen molar-refractivity contribution < 1.29 is 19.2 Å². The third kappa shape index (κ3) is 3.22. The third-order valence-corrected chi connectivity index (χ3v) is 6.22. The molecular weight excluding hydrogens is 388 g/mol. The number of carbonyl (C=O) groups excluding carboxylic acids is 1. The minimum absolute atomic E-state index is 0.268. The van der Waals surface area contributed by atoms with Gasteiger partial charge in [-0.15, -0.1) is 0 Å². The summed E-state index contributed by atoms with van der Waals surface area (Å²) in [4.78, 5) is 18.4. The summed E-state index contributed by atoms with van der Waals surface area (Å²) in [5.41, 5.74) is 5.43. The number of aromatic carboxylic acids is 1. The molecule has 31 heavy (non-hydrogen) atoms. The number of carboxylic acid groups (broad SMARTS) is 1. The summed E-state index contributed by atoms with van der Waals surface area (Å²) in [6, 6.07) is 15.4. The van der Waals surface area contributed by atoms with Crippen molar-refractivity contribution in [1.82, 2.24) is 4.98 Å². The number of likely N-dealkylation sites (N-methyl/N-ethyl adjacent to an activating group) is 1. The fourth-order valence-electron chi connectivity index (χ4n) is 4.67. The molecular formula is C26H24N2O3. The first-order chi connectivity index (χ1) is 15.1. The van der Waals surface area contributed by atoms with E-state index in [1.807, 2.05) is 42.5 Å². The minimum atomic E-state index is -1.14. The summed E-state index contributed by atoms with van der Waals surface area (Å²) >= 11 is 0. The Morgan fingerprint density at radius 3 is 2.58 bits per heavy atom. The smallest absolute Gasteiger partial charge is 0.134 e. The van der Waals surface area contributed by atoms with Crippen molar-refractivity contribution >= 4 is 39.5 Å². The first-order valence-electron chi connectivity index (χ1n) is 10.8. The highest BCUT2D eigenvalue weighted by molar-refractivity contribution is 6.05. The number of quaternary nitrogens is 1. The number of fused-ring (bicyclic) bond motifs is 3. The van der Waals surface area contributed by atoms with E-state index < -0.39 is 5.97 Å². The van der Waals surface area contributed by atoms with Gasteiger partial charge in [0.1, 0.15) is 24.4 Å². The molecule has 2 aromatic heterocycles. The molecule has 1 unspecified atom stereocenters. The first-order valence-corrected chi connectivity index (χ1v) is 10.8. The van der Waals surface area contributed by atoms with Crippen LogP contribution in [0.4, 0.5) is 0 Å². The third-order valence-electron chi connectivity index (χ3n) is 6.22. The van der Waals surface area contributed by atoms with Crippen LogP contribution in [0.5, 0.6) is 0 Å². The normalized spacial score (nSPS) is 17.4. The van der Waals surface area contributed by atoms with E-state index in [1.54, 1.807) is 0 Å². The Hall–Kier alpha value is -3.44. The van der Waals surface area contributed by atoms with Crippen LogP contribution in [0.15, 0.2) is 52.9 Å². The predicted octanol–water partition coefficient (Wildman–Crippen LogP) is 2.87. The van der Waals surface area contributed by atoms with Crippen LogP contribution in [0.2, 0.25) is 0 Å². The number of carboxylic acids is 1. The molecule has 1 N–H and O–H groups in total. The molecule has 4 aromatic rings. The average molecular weight is 412 g/mol. The number of para-hydroxylation sites is 2. The van der Waals surface area contributed by atoms with Gasteiger partial charge in [-0.05, 0) is 25.1 Å². The second-order valence-electron chi connectivity index (χ2n) is 8.03. The van der Waals surface area contributed by atoms with Crippen molar-refractivity contribution in [2.45, 2.75) is 26.8 Å². The van der Waals surface area contributed by atoms with Gasteiger partial charge in [0.2, 0.25) is 0 Å². The summed E-state index contributed by atoms with van der Waals surface area (Å²) in [6.07, 6.45) is 2.93. The van der Waals surface area contributed by atoms with E-state index in [2.05, 4.69) is 26.0 Å². The van der Waals surface area contributed by atoms with Crippen LogP contribution in [0, 0.1) is 0 Å². The second kappa shape index (κ2) is 7.67. The first kappa shape index (κ1) is 19.5. The zero-order valence-electron chi connectivity index (χ0n) is 17.7. The number of nitrogens with zero attached hydrogens (tertiary/aromatic N) is 1. The fraction of sp³-hybridized carbons (Fsp3) is 0.231. The van der Waals surface area contributed by atoms with Crippen molar-refractivity contribution in [3.63, 3.8) is 0 Å². The van der Waals surface area contributed by atoms with E-state index >= 15 is 0 Å². The standard InChI is InChI=1S/C26H24N2O3/c1-3-22-19(17-9-6-8-12-23(17)31-22)13-16-14-28(4-2)15-20-24(26(29)30)18-10-5-7-11-21(18)27-25(16)20/h5-13H,3-4,14-15H2,1-2H3,(H,29,30)/b16-13-. The number of hydrogen-bond donors (Lipinski definition) is 1. The van der Waals surface area contributed by atoms with Gasteiger partial charge in [0.25, 0.3) is 0 Å². The molecule has 0 bridgehead atoms. The van der Waals surface area contributed by atoms with Gasteiger partial charge in [0.15, 0.2) is 0 Å². The van der Waals surface area contributed by atoms with Crippen LogP contribution < -0.4 is 10.0 Å². The van der Waals surface area contributed by atoms with Crippen molar-refractivity contribution in [1.29, 1.82) is 0 Å². The maximum absolute atomic E-state index is 12.2. The van der Waals surface area contributed by atoms with Crippen molar-refractivity contribution in [2.75, 3.05) is 13.1 Å². The lowest BCUT2D eigenvalue weighted by Gasteiger charge is -2.29. The lowest BCUT2D eigenvalue weighted by Crippen LogP contribution is -3.11. The Kier molecular flexibility index (Phi) is 4.83. The monoisotopic (exact) mass is 412 g/mol. The van der Waals surface area contributed by atoms with Gasteiger partial charge >= 0.3 is 0 Å². The molecule has 0 saturated carbocycles. The van der Waals surface area contributed by atoms with Crippen LogP contribution in [0.1, 0.15) is 46.8 Å². The molecule has 2 aromatic carbocycles. The van der Waals surface area contributed by atoms with E-state index in [0.29, 0.717) is 17.4 Å². The van der Waals surface area contributed by atoms with Crippen molar-refractivity contribution in [3.8, 4) is 0 Å². The van der Waals surface area contributed by atoms with Gasteiger partial charge in [-0.25, -0.2) is 4.98 Å². The van der Waals surface area contributed by atoms with E-state index in [0.717, 1.165) is 58.6 Å². The topological polar surface area (TPSA) is 70.6 Å². The molecule has 0 fully saturated rings. The van der Waals surface area contributed by atoms with E-state index in [-0.39, 0.29) is 5.56 Å². The molecule has 1 aliphatic heterocycles. The van der Waals surface area contributed by atoms with Crippen molar-refractivity contribution in [2.24, 2.45) is 0 Å². The van der Waals surface area contributed by atoms with Crippen LogP contribution in [0.3, 0.4) is 0 Å². The van der Waals surface area contributed by atoms with Gasteiger partial charge < -0.3 is 19.2 Å². The zero-order chi connectivity index (χ0) is 21.5. The summed E-state index contributed by atoms with van der Waals surface area (Å²) in [5.74, 6) is -0.214. The lowest BCUT2D eigenvalue weighted by molar-refractivity contribution is -0.905. The number of rotatable bonds is 4. The maximum atomic E-state index is 12.2. The largest absolute Gasteiger partial charge is 0.545 e. The van der Waals surface area contributed by atoms with E-state index in [9.17, 15) is 9.90 Å². The molecule has 156 valence electrons. The molecule has 0 amide bonds. The second-order valence-corrected chi connectivity index (χ2v) is 8.03. The number of hydrogen-bond acceptors (Lipinski definition) is 4. The van der Waals surface area contributed by atoms with Gasteiger partial charge in [-0.1, -0.05) is 43.3 Å². The lowest BCUT2D eigenvalue weighted by atomic mass is 9.91. The summed E-state index contributed by atoms with van der Waals surface area (Å²) in [5, 5.41) is 13.9. The highest BCUT2D eigenvalue weighted by Crippen LogP contribution is 2.33. The fourth-order valence-corrected chi connectivity index (χ4v) is 4.67. The van der Waals surface area contributed by atoms with E-state index in [4.69, 9.17) is 9.40 Å². The molecule has 5 heteroatoms. The Balaban J connectivity index is 1.81. The minimum Gasteiger partial charge on any atom is -0.545 e. The molecule has 1 aliphatic rings. The molecule has 5 rings (SSSR count). The molecule has 3 heterocycles.